The summed E-state index contributed by atoms with van der Waals surface area (Å²) in [5.74, 6) is 0.0887. The highest BCUT2D eigenvalue weighted by molar-refractivity contribution is 7.19. The van der Waals surface area contributed by atoms with Gasteiger partial charge in [-0.05, 0) is 66.9 Å². The summed E-state index contributed by atoms with van der Waals surface area (Å²) in [4.78, 5) is 18.2. The van der Waals surface area contributed by atoms with Gasteiger partial charge in [0.2, 0.25) is 5.13 Å². The minimum Gasteiger partial charge on any atom is -0.423 e. The van der Waals surface area contributed by atoms with Crippen LogP contribution in [0.2, 0.25) is 0 Å². The van der Waals surface area contributed by atoms with Crippen LogP contribution in [0.4, 0.5) is 5.13 Å². The van der Waals surface area contributed by atoms with Gasteiger partial charge in [-0.1, -0.05) is 83.6 Å². The highest BCUT2D eigenvalue weighted by Crippen LogP contribution is 2.40. The number of aromatic nitrogens is 1. The van der Waals surface area contributed by atoms with Crippen LogP contribution >= 0.6 is 11.3 Å². The molecule has 0 atom stereocenters. The molecular weight excluding hydrogens is 478 g/mol. The Morgan fingerprint density at radius 2 is 1.59 bits per heavy atom. The molecule has 0 saturated carbocycles. The summed E-state index contributed by atoms with van der Waals surface area (Å²) in [7, 11) is 0. The van der Waals surface area contributed by atoms with E-state index < -0.39 is 0 Å². The topological polar surface area (TPSA) is 63.6 Å². The van der Waals surface area contributed by atoms with Crippen LogP contribution in [-0.2, 0) is 0 Å². The fraction of sp³-hybridized carbons (Fsp3) is 0.0645. The third kappa shape index (κ3) is 5.82. The molecule has 0 unspecified atom stereocenters. The number of rotatable bonds is 7. The van der Waals surface area contributed by atoms with Gasteiger partial charge in [-0.3, -0.25) is 5.43 Å². The molecule has 4 aromatic carbocycles. The van der Waals surface area contributed by atoms with Gasteiger partial charge >= 0.3 is 5.97 Å². The molecule has 0 bridgehead atoms. The van der Waals surface area contributed by atoms with Crippen molar-refractivity contribution in [1.82, 2.24) is 4.98 Å². The molecule has 0 saturated heterocycles. The quantitative estimate of drug-likeness (QED) is 0.107. The average molecular weight is 504 g/mol. The number of hydrogen-bond donors (Lipinski definition) is 1. The summed E-state index contributed by atoms with van der Waals surface area (Å²) in [5.41, 5.74) is 10.0. The highest BCUT2D eigenvalue weighted by atomic mass is 32.1. The standard InChI is InChI=1S/C31H25N3O2S/c1-21-13-18-27(22(2)19-21)28-29(24-9-5-3-6-10-24)37-31(33-28)34-32-20-23-14-16-26(17-15-23)36-30(35)25-11-7-4-8-12-25/h3-20H,1-2H3,(H,33,34)/b32-20-. The number of carbonyl (C=O) groups is 1. The molecule has 0 aliphatic carbocycles. The van der Waals surface area contributed by atoms with E-state index in [2.05, 4.69) is 54.7 Å². The SMILES string of the molecule is Cc1ccc(-c2nc(N/N=C\c3ccc(OC(=O)c4ccccc4)cc3)sc2-c2ccccc2)c(C)c1. The Bertz CT molecular complexity index is 1540. The number of nitrogens with one attached hydrogen (secondary N) is 1. The molecule has 182 valence electrons. The maximum atomic E-state index is 12.2. The molecule has 1 N–H and O–H groups in total. The Morgan fingerprint density at radius 3 is 2.30 bits per heavy atom. The molecule has 1 heterocycles. The molecule has 5 nitrogen and oxygen atoms in total. The van der Waals surface area contributed by atoms with Crippen LogP contribution in [0.3, 0.4) is 0 Å². The number of carbonyl (C=O) groups excluding carboxylic acids is 1. The van der Waals surface area contributed by atoms with Gasteiger partial charge in [0.1, 0.15) is 5.75 Å². The lowest BCUT2D eigenvalue weighted by Crippen LogP contribution is -2.08. The smallest absolute Gasteiger partial charge is 0.343 e. The molecule has 0 aliphatic heterocycles. The number of nitrogens with zero attached hydrogens (tertiary/aromatic N) is 2. The van der Waals surface area contributed by atoms with Crippen molar-refractivity contribution in [2.75, 3.05) is 5.43 Å². The number of esters is 1. The van der Waals surface area contributed by atoms with Gasteiger partial charge in [0, 0.05) is 5.56 Å². The van der Waals surface area contributed by atoms with Crippen molar-refractivity contribution in [2.45, 2.75) is 13.8 Å². The minimum absolute atomic E-state index is 0.388. The van der Waals surface area contributed by atoms with Crippen molar-refractivity contribution in [1.29, 1.82) is 0 Å². The van der Waals surface area contributed by atoms with Crippen molar-refractivity contribution in [3.8, 4) is 27.4 Å². The lowest BCUT2D eigenvalue weighted by Gasteiger charge is -2.07. The van der Waals surface area contributed by atoms with Gasteiger partial charge in [0.15, 0.2) is 0 Å². The summed E-state index contributed by atoms with van der Waals surface area (Å²) >= 11 is 1.57. The van der Waals surface area contributed by atoms with Crippen molar-refractivity contribution < 1.29 is 9.53 Å². The number of anilines is 1. The van der Waals surface area contributed by atoms with Crippen LogP contribution in [0.25, 0.3) is 21.7 Å². The molecule has 0 amide bonds. The van der Waals surface area contributed by atoms with Gasteiger partial charge in [-0.15, -0.1) is 0 Å². The Hall–Kier alpha value is -4.55. The van der Waals surface area contributed by atoms with Gasteiger partial charge in [0.05, 0.1) is 22.3 Å². The van der Waals surface area contributed by atoms with Gasteiger partial charge in [0.25, 0.3) is 0 Å². The fourth-order valence-corrected chi connectivity index (χ4v) is 4.87. The Kier molecular flexibility index (Phi) is 7.19. The second kappa shape index (κ2) is 11.0. The van der Waals surface area contributed by atoms with Crippen LogP contribution in [0.15, 0.2) is 108 Å². The largest absolute Gasteiger partial charge is 0.423 e. The number of benzene rings is 4. The van der Waals surface area contributed by atoms with Crippen LogP contribution in [0.1, 0.15) is 27.0 Å². The Balaban J connectivity index is 1.32. The Morgan fingerprint density at radius 1 is 0.892 bits per heavy atom. The van der Waals surface area contributed by atoms with Gasteiger partial charge in [-0.2, -0.15) is 5.10 Å². The van der Waals surface area contributed by atoms with E-state index in [4.69, 9.17) is 9.72 Å². The normalized spacial score (nSPS) is 11.0. The first kappa shape index (κ1) is 24.2. The zero-order valence-corrected chi connectivity index (χ0v) is 21.3. The van der Waals surface area contributed by atoms with E-state index in [1.807, 2.05) is 36.4 Å². The number of hydrogen-bond acceptors (Lipinski definition) is 6. The number of aryl methyl sites for hydroxylation is 2. The first-order chi connectivity index (χ1) is 18.1. The Labute approximate surface area is 220 Å². The first-order valence-corrected chi connectivity index (χ1v) is 12.7. The molecule has 5 rings (SSSR count). The number of thiazole rings is 1. The van der Waals surface area contributed by atoms with E-state index in [1.54, 1.807) is 53.9 Å². The van der Waals surface area contributed by atoms with Crippen LogP contribution in [0, 0.1) is 13.8 Å². The summed E-state index contributed by atoms with van der Waals surface area (Å²) in [6.45, 7) is 4.21. The first-order valence-electron chi connectivity index (χ1n) is 11.9. The molecule has 0 aliphatic rings. The van der Waals surface area contributed by atoms with Gasteiger partial charge in [-0.25, -0.2) is 9.78 Å². The molecule has 0 spiro atoms. The average Bonchev–Trinajstić information content (AvgIpc) is 3.34. The molecule has 0 fully saturated rings. The maximum absolute atomic E-state index is 12.2. The lowest BCUT2D eigenvalue weighted by atomic mass is 10.0. The third-order valence-corrected chi connectivity index (χ3v) is 6.78. The molecular formula is C31H25N3O2S. The summed E-state index contributed by atoms with van der Waals surface area (Å²) in [6, 6.07) is 32.8. The summed E-state index contributed by atoms with van der Waals surface area (Å²) < 4.78 is 5.44. The zero-order valence-electron chi connectivity index (χ0n) is 20.5. The maximum Gasteiger partial charge on any atom is 0.343 e. The van der Waals surface area contributed by atoms with Crippen molar-refractivity contribution in [3.05, 3.63) is 125 Å². The monoisotopic (exact) mass is 503 g/mol. The van der Waals surface area contributed by atoms with Crippen LogP contribution < -0.4 is 10.2 Å². The van der Waals surface area contributed by atoms with Crippen molar-refractivity contribution in [3.63, 3.8) is 0 Å². The van der Waals surface area contributed by atoms with Crippen LogP contribution in [0.5, 0.6) is 5.75 Å². The fourth-order valence-electron chi connectivity index (χ4n) is 3.94. The predicted octanol–water partition coefficient (Wildman–Crippen LogP) is 7.76. The lowest BCUT2D eigenvalue weighted by molar-refractivity contribution is 0.0734. The molecule has 0 radical (unpaired) electrons. The van der Waals surface area contributed by atoms with E-state index in [9.17, 15) is 4.79 Å². The van der Waals surface area contributed by atoms with E-state index in [-0.39, 0.29) is 5.97 Å². The van der Waals surface area contributed by atoms with Crippen LogP contribution in [-0.4, -0.2) is 17.2 Å². The summed E-state index contributed by atoms with van der Waals surface area (Å²) in [5, 5.41) is 5.10. The van der Waals surface area contributed by atoms with E-state index >= 15 is 0 Å². The second-order valence-electron chi connectivity index (χ2n) is 8.58. The van der Waals surface area contributed by atoms with Crippen molar-refractivity contribution in [2.24, 2.45) is 5.10 Å². The van der Waals surface area contributed by atoms with E-state index in [0.29, 0.717) is 16.4 Å². The molecule has 6 heteroatoms. The second-order valence-corrected chi connectivity index (χ2v) is 9.57. The molecule has 1 aromatic heterocycles. The molecule has 37 heavy (non-hydrogen) atoms. The minimum atomic E-state index is -0.388. The predicted molar refractivity (Wildman–Crippen MR) is 152 cm³/mol. The zero-order chi connectivity index (χ0) is 25.6. The third-order valence-electron chi connectivity index (χ3n) is 5.77. The van der Waals surface area contributed by atoms with Gasteiger partial charge < -0.3 is 4.74 Å². The van der Waals surface area contributed by atoms with E-state index in [1.165, 1.54) is 11.1 Å². The summed E-state index contributed by atoms with van der Waals surface area (Å²) in [6.07, 6.45) is 1.71. The number of hydrazone groups is 1. The highest BCUT2D eigenvalue weighted by Gasteiger charge is 2.16. The molecule has 5 aromatic rings. The van der Waals surface area contributed by atoms with E-state index in [0.717, 1.165) is 27.3 Å². The van der Waals surface area contributed by atoms with Crippen molar-refractivity contribution >= 4 is 28.7 Å². The number of ether oxygens (including phenoxy) is 1.